The number of amides is 1. The number of nitrogens with one attached hydrogen (secondary N) is 2. The normalized spacial score (nSPS) is 17.4. The molecule has 1 fully saturated rings. The molecule has 22 heavy (non-hydrogen) atoms. The number of aromatic nitrogens is 2. The molecule has 0 aliphatic carbocycles. The molecule has 1 atom stereocenters. The van der Waals surface area contributed by atoms with Gasteiger partial charge >= 0.3 is 0 Å². The van der Waals surface area contributed by atoms with E-state index in [1.165, 1.54) is 0 Å². The van der Waals surface area contributed by atoms with E-state index in [9.17, 15) is 4.79 Å². The molecule has 0 saturated carbocycles. The van der Waals surface area contributed by atoms with Crippen LogP contribution in [0.15, 0.2) is 28.8 Å². The highest BCUT2D eigenvalue weighted by Crippen LogP contribution is 2.19. The molecule has 2 N–H and O–H groups in total. The van der Waals surface area contributed by atoms with Crippen LogP contribution < -0.4 is 15.4 Å². The van der Waals surface area contributed by atoms with E-state index < -0.39 is 0 Å². The van der Waals surface area contributed by atoms with Crippen LogP contribution in [0.5, 0.6) is 5.75 Å². The summed E-state index contributed by atoms with van der Waals surface area (Å²) < 4.78 is 10.3. The van der Waals surface area contributed by atoms with Gasteiger partial charge in [0, 0.05) is 5.56 Å². The summed E-state index contributed by atoms with van der Waals surface area (Å²) in [6, 6.07) is 7.27. The Morgan fingerprint density at radius 3 is 2.95 bits per heavy atom. The molecule has 0 bridgehead atoms. The molecule has 1 unspecified atom stereocenters. The van der Waals surface area contributed by atoms with Crippen LogP contribution in [0.2, 0.25) is 0 Å². The predicted molar refractivity (Wildman–Crippen MR) is 79.2 cm³/mol. The molecule has 7 heteroatoms. The Hall–Kier alpha value is -2.41. The largest absolute Gasteiger partial charge is 0.497 e. The van der Waals surface area contributed by atoms with Gasteiger partial charge in [0.05, 0.1) is 19.7 Å². The number of ether oxygens (including phenoxy) is 1. The Balaban J connectivity index is 1.59. The summed E-state index contributed by atoms with van der Waals surface area (Å²) in [5.41, 5.74) is 0.833. The molecule has 0 spiro atoms. The number of hydrogen-bond acceptors (Lipinski definition) is 6. The van der Waals surface area contributed by atoms with Gasteiger partial charge in [-0.15, -0.1) is 0 Å². The van der Waals surface area contributed by atoms with Crippen LogP contribution >= 0.6 is 0 Å². The molecule has 0 radical (unpaired) electrons. The third-order valence-corrected chi connectivity index (χ3v) is 3.61. The smallest absolute Gasteiger partial charge is 0.246 e. The predicted octanol–water partition coefficient (Wildman–Crippen LogP) is 1.11. The van der Waals surface area contributed by atoms with Gasteiger partial charge in [-0.1, -0.05) is 5.16 Å². The van der Waals surface area contributed by atoms with Crippen molar-refractivity contribution in [1.82, 2.24) is 20.8 Å². The van der Waals surface area contributed by atoms with Gasteiger partial charge in [-0.2, -0.15) is 4.98 Å². The van der Waals surface area contributed by atoms with E-state index in [1.807, 2.05) is 24.3 Å². The summed E-state index contributed by atoms with van der Waals surface area (Å²) >= 11 is 0. The van der Waals surface area contributed by atoms with E-state index in [1.54, 1.807) is 7.11 Å². The molecule has 1 aliphatic rings. The van der Waals surface area contributed by atoms with E-state index in [0.717, 1.165) is 30.7 Å². The Morgan fingerprint density at radius 2 is 2.27 bits per heavy atom. The quantitative estimate of drug-likeness (QED) is 0.860. The minimum atomic E-state index is -0.107. The summed E-state index contributed by atoms with van der Waals surface area (Å²) in [4.78, 5) is 16.2. The average molecular weight is 302 g/mol. The molecule has 1 aromatic carbocycles. The van der Waals surface area contributed by atoms with E-state index in [0.29, 0.717) is 11.7 Å². The van der Waals surface area contributed by atoms with Crippen LogP contribution in [0.3, 0.4) is 0 Å². The fourth-order valence-electron chi connectivity index (χ4n) is 2.38. The molecule has 1 saturated heterocycles. The molecule has 1 aromatic heterocycles. The second kappa shape index (κ2) is 6.57. The van der Waals surface area contributed by atoms with Crippen LogP contribution in [0, 0.1) is 0 Å². The average Bonchev–Trinajstić information content (AvgIpc) is 3.24. The Kier molecular flexibility index (Phi) is 4.34. The number of carbonyl (C=O) groups is 1. The standard InChI is InChI=1S/C15H18N4O3/c1-21-11-6-4-10(5-7-11)14-18-13(22-19-14)9-17-15(20)12-3-2-8-16-12/h4-7,12,16H,2-3,8-9H2,1H3,(H,17,20). The van der Waals surface area contributed by atoms with Gasteiger partial charge in [0.1, 0.15) is 5.75 Å². The number of methoxy groups -OCH3 is 1. The number of nitrogens with zero attached hydrogens (tertiary/aromatic N) is 2. The van der Waals surface area contributed by atoms with Gasteiger partial charge in [-0.25, -0.2) is 0 Å². The van der Waals surface area contributed by atoms with E-state index >= 15 is 0 Å². The zero-order valence-electron chi connectivity index (χ0n) is 12.3. The van der Waals surface area contributed by atoms with Gasteiger partial charge in [0.25, 0.3) is 0 Å². The fraction of sp³-hybridized carbons (Fsp3) is 0.400. The second-order valence-electron chi connectivity index (χ2n) is 5.11. The SMILES string of the molecule is COc1ccc(-c2noc(CNC(=O)C3CCCN3)n2)cc1. The van der Waals surface area contributed by atoms with Crippen molar-refractivity contribution in [3.05, 3.63) is 30.2 Å². The summed E-state index contributed by atoms with van der Waals surface area (Å²) in [5.74, 6) is 1.62. The van der Waals surface area contributed by atoms with Crippen molar-refractivity contribution in [2.45, 2.75) is 25.4 Å². The molecule has 3 rings (SSSR count). The summed E-state index contributed by atoms with van der Waals surface area (Å²) in [5, 5.41) is 9.87. The molecular weight excluding hydrogens is 284 g/mol. The first-order valence-corrected chi connectivity index (χ1v) is 7.24. The zero-order chi connectivity index (χ0) is 15.4. The molecule has 2 aromatic rings. The summed E-state index contributed by atoms with van der Waals surface area (Å²) in [7, 11) is 1.61. The lowest BCUT2D eigenvalue weighted by Crippen LogP contribution is -2.40. The maximum atomic E-state index is 11.9. The van der Waals surface area contributed by atoms with E-state index in [-0.39, 0.29) is 18.5 Å². The fourth-order valence-corrected chi connectivity index (χ4v) is 2.38. The highest BCUT2D eigenvalue weighted by molar-refractivity contribution is 5.81. The van der Waals surface area contributed by atoms with Crippen molar-refractivity contribution in [3.8, 4) is 17.1 Å². The second-order valence-corrected chi connectivity index (χ2v) is 5.11. The third kappa shape index (κ3) is 3.25. The molecular formula is C15H18N4O3. The highest BCUT2D eigenvalue weighted by Gasteiger charge is 2.22. The van der Waals surface area contributed by atoms with Gasteiger partial charge in [0.2, 0.25) is 17.6 Å². The Morgan fingerprint density at radius 1 is 1.45 bits per heavy atom. The molecule has 116 valence electrons. The van der Waals surface area contributed by atoms with Gasteiger partial charge in [0.15, 0.2) is 0 Å². The molecule has 1 aliphatic heterocycles. The minimum absolute atomic E-state index is 0.0262. The van der Waals surface area contributed by atoms with Gasteiger partial charge in [-0.3, -0.25) is 4.79 Å². The maximum Gasteiger partial charge on any atom is 0.246 e. The van der Waals surface area contributed by atoms with Crippen molar-refractivity contribution < 1.29 is 14.1 Å². The third-order valence-electron chi connectivity index (χ3n) is 3.61. The highest BCUT2D eigenvalue weighted by atomic mass is 16.5. The Labute approximate surface area is 128 Å². The van der Waals surface area contributed by atoms with Crippen LogP contribution in [-0.2, 0) is 11.3 Å². The van der Waals surface area contributed by atoms with Gasteiger partial charge < -0.3 is 19.9 Å². The van der Waals surface area contributed by atoms with Crippen LogP contribution in [-0.4, -0.2) is 35.7 Å². The van der Waals surface area contributed by atoms with E-state index in [2.05, 4.69) is 20.8 Å². The number of carbonyl (C=O) groups excluding carboxylic acids is 1. The topological polar surface area (TPSA) is 89.3 Å². The van der Waals surface area contributed by atoms with Crippen LogP contribution in [0.4, 0.5) is 0 Å². The lowest BCUT2D eigenvalue weighted by atomic mass is 10.2. The van der Waals surface area contributed by atoms with Crippen LogP contribution in [0.25, 0.3) is 11.4 Å². The first kappa shape index (κ1) is 14.5. The number of rotatable bonds is 5. The molecule has 7 nitrogen and oxygen atoms in total. The van der Waals surface area contributed by atoms with Crippen molar-refractivity contribution >= 4 is 5.91 Å². The molecule has 1 amide bonds. The van der Waals surface area contributed by atoms with Crippen molar-refractivity contribution in [3.63, 3.8) is 0 Å². The monoisotopic (exact) mass is 302 g/mol. The van der Waals surface area contributed by atoms with Gasteiger partial charge in [-0.05, 0) is 43.7 Å². The lowest BCUT2D eigenvalue weighted by molar-refractivity contribution is -0.123. The Bertz CT molecular complexity index is 632. The van der Waals surface area contributed by atoms with E-state index in [4.69, 9.17) is 9.26 Å². The first-order chi connectivity index (χ1) is 10.8. The van der Waals surface area contributed by atoms with Crippen molar-refractivity contribution in [2.24, 2.45) is 0 Å². The lowest BCUT2D eigenvalue weighted by Gasteiger charge is -2.08. The maximum absolute atomic E-state index is 11.9. The molecule has 2 heterocycles. The van der Waals surface area contributed by atoms with Crippen molar-refractivity contribution in [2.75, 3.05) is 13.7 Å². The summed E-state index contributed by atoms with van der Waals surface area (Å²) in [6.07, 6.45) is 1.90. The van der Waals surface area contributed by atoms with Crippen LogP contribution in [0.1, 0.15) is 18.7 Å². The number of hydrogen-bond donors (Lipinski definition) is 2. The van der Waals surface area contributed by atoms with Crippen molar-refractivity contribution in [1.29, 1.82) is 0 Å². The zero-order valence-corrected chi connectivity index (χ0v) is 12.3. The minimum Gasteiger partial charge on any atom is -0.497 e. The summed E-state index contributed by atoms with van der Waals surface area (Å²) in [6.45, 7) is 1.13. The first-order valence-electron chi connectivity index (χ1n) is 7.24. The number of benzene rings is 1.